The largest absolute Gasteiger partial charge is 0.573 e. The van der Waals surface area contributed by atoms with Crippen LogP contribution in [0, 0.1) is 0 Å². The number of benzene rings is 1. The Bertz CT molecular complexity index is 490. The number of ether oxygens (including phenoxy) is 1. The van der Waals surface area contributed by atoms with Crippen LogP contribution in [0.25, 0.3) is 0 Å². The van der Waals surface area contributed by atoms with Crippen molar-refractivity contribution in [2.45, 2.75) is 38.3 Å². The Kier molecular flexibility index (Phi) is 6.26. The van der Waals surface area contributed by atoms with Crippen molar-refractivity contribution in [3.05, 3.63) is 29.8 Å². The van der Waals surface area contributed by atoms with Gasteiger partial charge in [-0.2, -0.15) is 0 Å². The van der Waals surface area contributed by atoms with E-state index in [0.29, 0.717) is 18.7 Å². The Morgan fingerprint density at radius 2 is 1.91 bits per heavy atom. The average molecular weight is 332 g/mol. The molecule has 2 atom stereocenters. The first-order chi connectivity index (χ1) is 10.8. The van der Waals surface area contributed by atoms with Crippen molar-refractivity contribution in [1.29, 1.82) is 0 Å². The Balaban J connectivity index is 1.88. The summed E-state index contributed by atoms with van der Waals surface area (Å²) in [5.74, 6) is -0.214. The highest BCUT2D eigenvalue weighted by Crippen LogP contribution is 2.30. The van der Waals surface area contributed by atoms with Gasteiger partial charge in [0.2, 0.25) is 0 Å². The molecular weight excluding hydrogens is 309 g/mol. The van der Waals surface area contributed by atoms with E-state index in [2.05, 4.69) is 15.0 Å². The predicted molar refractivity (Wildman–Crippen MR) is 81.2 cm³/mol. The van der Waals surface area contributed by atoms with Gasteiger partial charge >= 0.3 is 6.36 Å². The zero-order valence-corrected chi connectivity index (χ0v) is 13.1. The van der Waals surface area contributed by atoms with Crippen LogP contribution in [0.15, 0.2) is 24.3 Å². The van der Waals surface area contributed by atoms with Crippen LogP contribution in [0.3, 0.4) is 0 Å². The number of hydrogen-bond acceptors (Lipinski definition) is 4. The molecule has 0 amide bonds. The maximum atomic E-state index is 12.4. The summed E-state index contributed by atoms with van der Waals surface area (Å²) in [6, 6.07) is 5.69. The van der Waals surface area contributed by atoms with E-state index in [9.17, 15) is 18.3 Å². The predicted octanol–water partition coefficient (Wildman–Crippen LogP) is 2.69. The van der Waals surface area contributed by atoms with Crippen LogP contribution in [0.2, 0.25) is 0 Å². The van der Waals surface area contributed by atoms with E-state index in [1.165, 1.54) is 12.1 Å². The van der Waals surface area contributed by atoms with Gasteiger partial charge in [-0.25, -0.2) is 0 Å². The number of halogens is 3. The summed E-state index contributed by atoms with van der Waals surface area (Å²) in [5.41, 5.74) is 0.415. The maximum absolute atomic E-state index is 12.4. The smallest absolute Gasteiger partial charge is 0.405 e. The Morgan fingerprint density at radius 1 is 1.26 bits per heavy atom. The Hall–Kier alpha value is -1.31. The standard InChI is InChI=1S/C16H23F3N2O2/c1-12(20-10-13(22)11-21-8-4-5-9-21)14-6-2-3-7-15(14)23-16(17,18)19/h2-3,6-7,12-13,20,22H,4-5,8-11H2,1H3. The molecule has 0 aromatic heterocycles. The number of alkyl halides is 3. The molecule has 0 aliphatic carbocycles. The molecule has 7 heteroatoms. The van der Waals surface area contributed by atoms with Gasteiger partial charge in [0.1, 0.15) is 5.75 Å². The highest BCUT2D eigenvalue weighted by Gasteiger charge is 2.32. The van der Waals surface area contributed by atoms with Crippen molar-refractivity contribution >= 4 is 0 Å². The SMILES string of the molecule is CC(NCC(O)CN1CCCC1)c1ccccc1OC(F)(F)F. The van der Waals surface area contributed by atoms with E-state index in [4.69, 9.17) is 0 Å². The molecule has 23 heavy (non-hydrogen) atoms. The highest BCUT2D eigenvalue weighted by molar-refractivity contribution is 5.35. The minimum absolute atomic E-state index is 0.214. The summed E-state index contributed by atoms with van der Waals surface area (Å²) < 4.78 is 41.4. The molecule has 4 nitrogen and oxygen atoms in total. The number of nitrogens with zero attached hydrogens (tertiary/aromatic N) is 1. The van der Waals surface area contributed by atoms with Crippen LogP contribution in [0.4, 0.5) is 13.2 Å². The summed E-state index contributed by atoms with van der Waals surface area (Å²) in [4.78, 5) is 2.19. The molecular formula is C16H23F3N2O2. The van der Waals surface area contributed by atoms with Gasteiger partial charge in [-0.1, -0.05) is 18.2 Å². The van der Waals surface area contributed by atoms with Gasteiger partial charge in [0.15, 0.2) is 0 Å². The second-order valence-electron chi connectivity index (χ2n) is 5.88. The minimum Gasteiger partial charge on any atom is -0.405 e. The fraction of sp³-hybridized carbons (Fsp3) is 0.625. The van der Waals surface area contributed by atoms with Gasteiger partial charge in [0.25, 0.3) is 0 Å². The van der Waals surface area contributed by atoms with Crippen LogP contribution in [0.1, 0.15) is 31.4 Å². The van der Waals surface area contributed by atoms with Crippen molar-refractivity contribution in [3.63, 3.8) is 0 Å². The monoisotopic (exact) mass is 332 g/mol. The van der Waals surface area contributed by atoms with Gasteiger partial charge in [0.05, 0.1) is 6.10 Å². The number of β-amino-alcohol motifs (C(OH)–C–C–N with tert-alkyl or cyclic N) is 1. The number of aliphatic hydroxyl groups is 1. The van der Waals surface area contributed by atoms with Crippen molar-refractivity contribution in [2.75, 3.05) is 26.2 Å². The Morgan fingerprint density at radius 3 is 2.57 bits per heavy atom. The highest BCUT2D eigenvalue weighted by atomic mass is 19.4. The molecule has 1 aromatic rings. The summed E-state index contributed by atoms with van der Waals surface area (Å²) in [6.45, 7) is 4.64. The number of hydrogen-bond donors (Lipinski definition) is 2. The second-order valence-corrected chi connectivity index (χ2v) is 5.88. The quantitative estimate of drug-likeness (QED) is 0.806. The molecule has 0 spiro atoms. The third kappa shape index (κ3) is 6.01. The normalized spacial score (nSPS) is 18.8. The van der Waals surface area contributed by atoms with Gasteiger partial charge < -0.3 is 20.1 Å². The van der Waals surface area contributed by atoms with Crippen LogP contribution >= 0.6 is 0 Å². The summed E-state index contributed by atoms with van der Waals surface area (Å²) in [6.07, 6.45) is -2.96. The number of aliphatic hydroxyl groups excluding tert-OH is 1. The first-order valence-electron chi connectivity index (χ1n) is 7.83. The molecule has 2 unspecified atom stereocenters. The lowest BCUT2D eigenvalue weighted by molar-refractivity contribution is -0.275. The number of para-hydroxylation sites is 1. The second kappa shape index (κ2) is 7.99. The number of nitrogens with one attached hydrogen (secondary N) is 1. The van der Waals surface area contributed by atoms with Gasteiger partial charge in [-0.05, 0) is 38.9 Å². The zero-order valence-electron chi connectivity index (χ0n) is 13.1. The van der Waals surface area contributed by atoms with Crippen LogP contribution in [-0.2, 0) is 0 Å². The van der Waals surface area contributed by atoms with Crippen LogP contribution < -0.4 is 10.1 Å². The fourth-order valence-corrected chi connectivity index (χ4v) is 2.81. The minimum atomic E-state index is -4.72. The molecule has 130 valence electrons. The van der Waals surface area contributed by atoms with E-state index in [0.717, 1.165) is 25.9 Å². The summed E-state index contributed by atoms with van der Waals surface area (Å²) in [7, 11) is 0. The van der Waals surface area contributed by atoms with E-state index >= 15 is 0 Å². The van der Waals surface area contributed by atoms with Gasteiger partial charge in [-0.15, -0.1) is 13.2 Å². The van der Waals surface area contributed by atoms with E-state index in [-0.39, 0.29) is 11.8 Å². The molecule has 0 saturated carbocycles. The first kappa shape index (κ1) is 18.0. The average Bonchev–Trinajstić information content (AvgIpc) is 2.96. The molecule has 1 saturated heterocycles. The fourth-order valence-electron chi connectivity index (χ4n) is 2.81. The van der Waals surface area contributed by atoms with Gasteiger partial charge in [-0.3, -0.25) is 0 Å². The lowest BCUT2D eigenvalue weighted by Crippen LogP contribution is -2.38. The van der Waals surface area contributed by atoms with E-state index in [1.54, 1.807) is 19.1 Å². The van der Waals surface area contributed by atoms with Crippen LogP contribution in [0.5, 0.6) is 5.75 Å². The molecule has 0 bridgehead atoms. The molecule has 1 aliphatic rings. The van der Waals surface area contributed by atoms with Gasteiger partial charge in [0, 0.05) is 24.7 Å². The maximum Gasteiger partial charge on any atom is 0.573 e. The molecule has 1 heterocycles. The third-order valence-electron chi connectivity index (χ3n) is 3.94. The first-order valence-corrected chi connectivity index (χ1v) is 7.83. The van der Waals surface area contributed by atoms with Crippen LogP contribution in [-0.4, -0.2) is 48.7 Å². The zero-order chi connectivity index (χ0) is 16.9. The number of likely N-dealkylation sites (tertiary alicyclic amines) is 1. The molecule has 2 N–H and O–H groups in total. The van der Waals surface area contributed by atoms with Crippen molar-refractivity contribution < 1.29 is 23.0 Å². The Labute approximate surface area is 134 Å². The molecule has 0 radical (unpaired) electrons. The molecule has 1 fully saturated rings. The van der Waals surface area contributed by atoms with Crippen molar-refractivity contribution in [1.82, 2.24) is 10.2 Å². The molecule has 1 aliphatic heterocycles. The lowest BCUT2D eigenvalue weighted by Gasteiger charge is -2.23. The summed E-state index contributed by atoms with van der Waals surface area (Å²) >= 11 is 0. The lowest BCUT2D eigenvalue weighted by atomic mass is 10.1. The number of rotatable bonds is 7. The van der Waals surface area contributed by atoms with Crippen molar-refractivity contribution in [3.8, 4) is 5.75 Å². The van der Waals surface area contributed by atoms with Crippen molar-refractivity contribution in [2.24, 2.45) is 0 Å². The molecule has 1 aromatic carbocycles. The third-order valence-corrected chi connectivity index (χ3v) is 3.94. The van der Waals surface area contributed by atoms with E-state index < -0.39 is 12.5 Å². The molecule has 2 rings (SSSR count). The van der Waals surface area contributed by atoms with E-state index in [1.807, 2.05) is 0 Å². The topological polar surface area (TPSA) is 44.7 Å². The summed E-state index contributed by atoms with van der Waals surface area (Å²) in [5, 5.41) is 13.1.